The maximum absolute atomic E-state index is 11.8. The van der Waals surface area contributed by atoms with Crippen molar-refractivity contribution in [2.75, 3.05) is 7.11 Å². The molecule has 4 fully saturated rings. The topological polar surface area (TPSA) is 75.5 Å². The summed E-state index contributed by atoms with van der Waals surface area (Å²) in [6.45, 7) is 7.34. The highest BCUT2D eigenvalue weighted by Crippen LogP contribution is 2.68. The van der Waals surface area contributed by atoms with Gasteiger partial charge < -0.3 is 14.9 Å². The highest BCUT2D eigenvalue weighted by atomic mass is 16.5. The normalized spacial score (nSPS) is 42.1. The number of rotatable bonds is 5. The second-order valence-electron chi connectivity index (χ2n) is 13.6. The van der Waals surface area contributed by atoms with E-state index in [1.54, 1.807) is 7.11 Å². The molecule has 0 radical (unpaired) electrons. The van der Waals surface area contributed by atoms with Gasteiger partial charge in [-0.15, -0.1) is 0 Å². The lowest BCUT2D eigenvalue weighted by atomic mass is 9.43. The van der Waals surface area contributed by atoms with Gasteiger partial charge in [0.1, 0.15) is 17.1 Å². The minimum Gasteiger partial charge on any atom is -0.494 e. The molecule has 5 heteroatoms. The van der Waals surface area contributed by atoms with E-state index in [1.807, 2.05) is 24.4 Å². The van der Waals surface area contributed by atoms with Gasteiger partial charge in [-0.05, 0) is 110 Å². The Balaban J connectivity index is 1.18. The van der Waals surface area contributed by atoms with Gasteiger partial charge in [-0.2, -0.15) is 0 Å². The highest BCUT2D eigenvalue weighted by Gasteiger charge is 2.63. The van der Waals surface area contributed by atoms with E-state index in [1.165, 1.54) is 25.7 Å². The van der Waals surface area contributed by atoms with Crippen molar-refractivity contribution in [3.05, 3.63) is 30.2 Å². The van der Waals surface area contributed by atoms with Gasteiger partial charge in [-0.3, -0.25) is 0 Å². The lowest BCUT2D eigenvalue weighted by molar-refractivity contribution is -0.174. The van der Waals surface area contributed by atoms with E-state index in [2.05, 4.69) is 25.8 Å². The molecule has 10 atom stereocenters. The van der Waals surface area contributed by atoms with Crippen molar-refractivity contribution in [1.82, 2.24) is 9.97 Å². The summed E-state index contributed by atoms with van der Waals surface area (Å²) in [5.74, 6) is 5.36. The van der Waals surface area contributed by atoms with Crippen molar-refractivity contribution in [3.63, 3.8) is 0 Å². The zero-order chi connectivity index (χ0) is 25.9. The van der Waals surface area contributed by atoms with Gasteiger partial charge >= 0.3 is 0 Å². The van der Waals surface area contributed by atoms with Crippen molar-refractivity contribution >= 4 is 10.9 Å². The van der Waals surface area contributed by atoms with E-state index in [4.69, 9.17) is 9.72 Å². The van der Waals surface area contributed by atoms with Crippen molar-refractivity contribution in [2.24, 2.45) is 46.3 Å². The Morgan fingerprint density at radius 3 is 2.70 bits per heavy atom. The minimum atomic E-state index is -0.225. The number of aliphatic hydroxyl groups excluding tert-OH is 2. The van der Waals surface area contributed by atoms with Gasteiger partial charge in [0.2, 0.25) is 0 Å². The molecule has 6 rings (SSSR count). The van der Waals surface area contributed by atoms with Crippen LogP contribution in [0.5, 0.6) is 5.75 Å². The summed E-state index contributed by atoms with van der Waals surface area (Å²) in [5.41, 5.74) is 1.19. The van der Waals surface area contributed by atoms with Gasteiger partial charge in [-0.25, -0.2) is 9.97 Å². The maximum Gasteiger partial charge on any atom is 0.145 e. The van der Waals surface area contributed by atoms with Gasteiger partial charge in [0.25, 0.3) is 0 Å². The molecule has 0 saturated heterocycles. The van der Waals surface area contributed by atoms with E-state index in [0.29, 0.717) is 35.0 Å². The average Bonchev–Trinajstić information content (AvgIpc) is 3.26. The number of aryl methyl sites for hydroxylation is 1. The molecule has 4 aliphatic rings. The first kappa shape index (κ1) is 25.6. The number of fused-ring (bicyclic) bond motifs is 6. The summed E-state index contributed by atoms with van der Waals surface area (Å²) in [5, 5.41) is 23.2. The van der Waals surface area contributed by atoms with Crippen molar-refractivity contribution < 1.29 is 14.9 Å². The molecule has 5 nitrogen and oxygen atoms in total. The second kappa shape index (κ2) is 9.48. The van der Waals surface area contributed by atoms with Crippen LogP contribution < -0.4 is 4.74 Å². The van der Waals surface area contributed by atoms with Crippen LogP contribution in [0.25, 0.3) is 10.9 Å². The molecule has 1 aromatic heterocycles. The number of methoxy groups -OCH3 is 1. The van der Waals surface area contributed by atoms with Crippen LogP contribution in [-0.2, 0) is 6.42 Å². The number of aliphatic hydroxyl groups is 2. The average molecular weight is 507 g/mol. The largest absolute Gasteiger partial charge is 0.494 e. The molecular formula is C32H46N2O3. The number of hydrogen-bond donors (Lipinski definition) is 2. The van der Waals surface area contributed by atoms with Crippen LogP contribution in [0, 0.1) is 46.3 Å². The molecule has 1 unspecified atom stereocenters. The SMILES string of the molecule is COc1cccc2cnc(CC[C@@H](C)[C@H]3CC[C@H]4[C@@H]5CC[C@@H]6C[C@H](O)CC[C@]6(C)C5C[C@H](O)[C@]34C)nc12. The number of benzene rings is 1. The molecule has 1 aromatic carbocycles. The van der Waals surface area contributed by atoms with Crippen LogP contribution in [0.1, 0.15) is 84.4 Å². The Hall–Kier alpha value is -1.72. The van der Waals surface area contributed by atoms with E-state index in [-0.39, 0.29) is 17.6 Å². The summed E-state index contributed by atoms with van der Waals surface area (Å²) in [7, 11) is 1.69. The van der Waals surface area contributed by atoms with E-state index in [0.717, 1.165) is 66.9 Å². The highest BCUT2D eigenvalue weighted by molar-refractivity contribution is 5.83. The lowest BCUT2D eigenvalue weighted by Gasteiger charge is -2.62. The number of hydrogen-bond acceptors (Lipinski definition) is 5. The fourth-order valence-corrected chi connectivity index (χ4v) is 10.1. The molecular weight excluding hydrogens is 460 g/mol. The molecule has 2 N–H and O–H groups in total. The van der Waals surface area contributed by atoms with Crippen molar-refractivity contribution in [3.8, 4) is 5.75 Å². The first-order chi connectivity index (χ1) is 17.8. The molecule has 37 heavy (non-hydrogen) atoms. The monoisotopic (exact) mass is 506 g/mol. The predicted molar refractivity (Wildman–Crippen MR) is 146 cm³/mol. The predicted octanol–water partition coefficient (Wildman–Crippen LogP) is 6.20. The fourth-order valence-electron chi connectivity index (χ4n) is 10.1. The molecule has 0 spiro atoms. The summed E-state index contributed by atoms with van der Waals surface area (Å²) < 4.78 is 5.53. The molecule has 0 bridgehead atoms. The van der Waals surface area contributed by atoms with Gasteiger partial charge in [0, 0.05) is 18.0 Å². The number of nitrogens with zero attached hydrogens (tertiary/aromatic N) is 2. The molecule has 4 aliphatic carbocycles. The lowest BCUT2D eigenvalue weighted by Crippen LogP contribution is -2.58. The first-order valence-electron chi connectivity index (χ1n) is 14.9. The number of aromatic nitrogens is 2. The summed E-state index contributed by atoms with van der Waals surface area (Å²) in [6.07, 6.45) is 12.5. The Labute approximate surface area is 222 Å². The summed E-state index contributed by atoms with van der Waals surface area (Å²) in [6, 6.07) is 5.97. The molecule has 4 saturated carbocycles. The minimum absolute atomic E-state index is 0.00538. The third kappa shape index (κ3) is 4.02. The van der Waals surface area contributed by atoms with Crippen molar-refractivity contribution in [1.29, 1.82) is 0 Å². The van der Waals surface area contributed by atoms with Crippen LogP contribution in [0.2, 0.25) is 0 Å². The van der Waals surface area contributed by atoms with Crippen LogP contribution in [0.15, 0.2) is 24.4 Å². The van der Waals surface area contributed by atoms with E-state index in [9.17, 15) is 10.2 Å². The molecule has 1 heterocycles. The first-order valence-corrected chi connectivity index (χ1v) is 14.9. The van der Waals surface area contributed by atoms with E-state index < -0.39 is 0 Å². The van der Waals surface area contributed by atoms with Gasteiger partial charge in [-0.1, -0.05) is 32.9 Å². The maximum atomic E-state index is 11.8. The quantitative estimate of drug-likeness (QED) is 0.505. The Kier molecular flexibility index (Phi) is 6.55. The number of para-hydroxylation sites is 1. The van der Waals surface area contributed by atoms with Gasteiger partial charge in [0.15, 0.2) is 0 Å². The molecule has 202 valence electrons. The Bertz CT molecular complexity index is 1140. The number of ether oxygens (including phenoxy) is 1. The second-order valence-corrected chi connectivity index (χ2v) is 13.6. The van der Waals surface area contributed by atoms with Crippen LogP contribution >= 0.6 is 0 Å². The van der Waals surface area contributed by atoms with Crippen molar-refractivity contribution in [2.45, 2.75) is 97.2 Å². The fraction of sp³-hybridized carbons (Fsp3) is 0.750. The standard InChI is InChI=1S/C32H46N2O3/c1-19(8-13-29-33-18-20-6-5-7-27(37-4)30(20)34-29)24-11-12-25-23-10-9-21-16-22(35)14-15-31(21,2)26(23)17-28(36)32(24,25)3/h5-7,18-19,21-26,28,35-36H,8-17H2,1-4H3/t19-,21-,22-,23+,24-,25+,26?,28+,31+,32-/m1/s1. The Morgan fingerprint density at radius 1 is 1.05 bits per heavy atom. The van der Waals surface area contributed by atoms with Crippen LogP contribution in [0.4, 0.5) is 0 Å². The molecule has 0 aliphatic heterocycles. The van der Waals surface area contributed by atoms with Crippen LogP contribution in [-0.4, -0.2) is 39.5 Å². The van der Waals surface area contributed by atoms with Gasteiger partial charge in [0.05, 0.1) is 19.3 Å². The third-order valence-corrected chi connectivity index (χ3v) is 12.2. The smallest absolute Gasteiger partial charge is 0.145 e. The summed E-state index contributed by atoms with van der Waals surface area (Å²) in [4.78, 5) is 9.53. The van der Waals surface area contributed by atoms with E-state index >= 15 is 0 Å². The zero-order valence-corrected chi connectivity index (χ0v) is 23.2. The van der Waals surface area contributed by atoms with Crippen LogP contribution in [0.3, 0.4) is 0 Å². The molecule has 2 aromatic rings. The molecule has 0 amide bonds. The third-order valence-electron chi connectivity index (χ3n) is 12.2. The zero-order valence-electron chi connectivity index (χ0n) is 23.2. The Morgan fingerprint density at radius 2 is 1.89 bits per heavy atom. The summed E-state index contributed by atoms with van der Waals surface area (Å²) >= 11 is 0.